The van der Waals surface area contributed by atoms with Crippen LogP contribution in [0.3, 0.4) is 0 Å². The lowest BCUT2D eigenvalue weighted by Crippen LogP contribution is -2.22. The van der Waals surface area contributed by atoms with Crippen LogP contribution in [0, 0.1) is 0 Å². The molecule has 1 aromatic heterocycles. The van der Waals surface area contributed by atoms with Gasteiger partial charge in [-0.25, -0.2) is 4.98 Å². The van der Waals surface area contributed by atoms with E-state index in [1.165, 1.54) is 5.56 Å². The van der Waals surface area contributed by atoms with Crippen molar-refractivity contribution >= 4 is 17.4 Å². The second kappa shape index (κ2) is 6.73. The molecule has 1 atom stereocenters. The zero-order valence-corrected chi connectivity index (χ0v) is 12.9. The van der Waals surface area contributed by atoms with Gasteiger partial charge in [-0.3, -0.25) is 4.90 Å². The van der Waals surface area contributed by atoms with E-state index >= 15 is 0 Å². The van der Waals surface area contributed by atoms with Gasteiger partial charge >= 0.3 is 0 Å². The number of anilines is 1. The van der Waals surface area contributed by atoms with Crippen LogP contribution >= 0.6 is 11.6 Å². The monoisotopic (exact) mass is 289 g/mol. The third kappa shape index (κ3) is 3.50. The van der Waals surface area contributed by atoms with Gasteiger partial charge in [-0.05, 0) is 43.3 Å². The van der Waals surface area contributed by atoms with Crippen molar-refractivity contribution in [2.24, 2.45) is 0 Å². The van der Waals surface area contributed by atoms with E-state index in [2.05, 4.69) is 41.3 Å². The van der Waals surface area contributed by atoms with E-state index in [0.717, 1.165) is 22.9 Å². The molecule has 0 fully saturated rings. The first kappa shape index (κ1) is 14.8. The van der Waals surface area contributed by atoms with Gasteiger partial charge in [0.25, 0.3) is 0 Å². The molecule has 3 nitrogen and oxygen atoms in total. The highest BCUT2D eigenvalue weighted by Crippen LogP contribution is 2.27. The summed E-state index contributed by atoms with van der Waals surface area (Å²) < 4.78 is 0. The van der Waals surface area contributed by atoms with E-state index in [9.17, 15) is 0 Å². The molecular formula is C16H20ClN3. The van der Waals surface area contributed by atoms with Gasteiger partial charge in [-0.2, -0.15) is 0 Å². The number of pyridine rings is 1. The van der Waals surface area contributed by atoms with Crippen molar-refractivity contribution in [3.05, 3.63) is 58.7 Å². The van der Waals surface area contributed by atoms with E-state index < -0.39 is 0 Å². The Labute approximate surface area is 125 Å². The van der Waals surface area contributed by atoms with Crippen LogP contribution < -0.4 is 5.32 Å². The fraction of sp³-hybridized carbons (Fsp3) is 0.312. The van der Waals surface area contributed by atoms with Crippen LogP contribution in [0.2, 0.25) is 5.02 Å². The Morgan fingerprint density at radius 1 is 1.30 bits per heavy atom. The predicted octanol–water partition coefficient (Wildman–Crippen LogP) is 3.97. The third-order valence-corrected chi connectivity index (χ3v) is 3.87. The Morgan fingerprint density at radius 2 is 2.05 bits per heavy atom. The van der Waals surface area contributed by atoms with Gasteiger partial charge in [0.05, 0.1) is 0 Å². The minimum absolute atomic E-state index is 0.259. The number of hydrogen-bond donors (Lipinski definition) is 1. The molecule has 0 radical (unpaired) electrons. The molecular weight excluding hydrogens is 270 g/mol. The van der Waals surface area contributed by atoms with Crippen LogP contribution in [0.25, 0.3) is 0 Å². The second-order valence-corrected chi connectivity index (χ2v) is 5.32. The van der Waals surface area contributed by atoms with Gasteiger partial charge in [0.2, 0.25) is 0 Å². The van der Waals surface area contributed by atoms with E-state index in [1.807, 2.05) is 37.5 Å². The van der Waals surface area contributed by atoms with E-state index in [-0.39, 0.29) is 6.04 Å². The first-order valence-corrected chi connectivity index (χ1v) is 7.07. The van der Waals surface area contributed by atoms with E-state index in [0.29, 0.717) is 0 Å². The van der Waals surface area contributed by atoms with Crippen LogP contribution in [-0.4, -0.2) is 24.0 Å². The van der Waals surface area contributed by atoms with Gasteiger partial charge in [0, 0.05) is 30.9 Å². The normalized spacial score (nSPS) is 12.4. The summed E-state index contributed by atoms with van der Waals surface area (Å²) in [7, 11) is 3.98. The molecule has 0 amide bonds. The smallest absolute Gasteiger partial charge is 0.125 e. The van der Waals surface area contributed by atoms with E-state index in [4.69, 9.17) is 11.6 Å². The summed E-state index contributed by atoms with van der Waals surface area (Å²) in [5, 5.41) is 3.88. The Kier molecular flexibility index (Phi) is 4.99. The average Bonchev–Trinajstić information content (AvgIpc) is 2.47. The molecule has 1 aromatic carbocycles. The Morgan fingerprint density at radius 3 is 2.75 bits per heavy atom. The van der Waals surface area contributed by atoms with Crippen LogP contribution in [-0.2, 0) is 6.54 Å². The summed E-state index contributed by atoms with van der Waals surface area (Å²) in [5.74, 6) is 0.890. The molecule has 1 unspecified atom stereocenters. The van der Waals surface area contributed by atoms with Gasteiger partial charge in [0.1, 0.15) is 5.82 Å². The van der Waals surface area contributed by atoms with Crippen LogP contribution in [0.15, 0.2) is 42.6 Å². The zero-order chi connectivity index (χ0) is 14.5. The number of rotatable bonds is 5. The van der Waals surface area contributed by atoms with Gasteiger partial charge in [-0.15, -0.1) is 0 Å². The van der Waals surface area contributed by atoms with Crippen molar-refractivity contribution in [2.75, 3.05) is 19.4 Å². The number of nitrogens with one attached hydrogen (secondary N) is 1. The number of hydrogen-bond acceptors (Lipinski definition) is 3. The molecule has 0 aliphatic rings. The predicted molar refractivity (Wildman–Crippen MR) is 85.1 cm³/mol. The topological polar surface area (TPSA) is 28.2 Å². The van der Waals surface area contributed by atoms with Crippen LogP contribution in [0.5, 0.6) is 0 Å². The van der Waals surface area contributed by atoms with Gasteiger partial charge in [-0.1, -0.05) is 29.8 Å². The highest BCUT2D eigenvalue weighted by molar-refractivity contribution is 6.31. The van der Waals surface area contributed by atoms with Crippen LogP contribution in [0.1, 0.15) is 24.1 Å². The molecule has 0 spiro atoms. The minimum atomic E-state index is 0.259. The summed E-state index contributed by atoms with van der Waals surface area (Å²) >= 11 is 6.27. The standard InChI is InChI=1S/C16H20ClN3/c1-12(14-6-4-5-7-15(14)17)20(3)11-13-8-9-19-16(10-13)18-2/h4-10,12H,11H2,1-3H3,(H,18,19). The zero-order valence-electron chi connectivity index (χ0n) is 12.1. The Bertz CT molecular complexity index is 571. The molecule has 0 aliphatic heterocycles. The van der Waals surface area contributed by atoms with Gasteiger partial charge < -0.3 is 5.32 Å². The number of aromatic nitrogens is 1. The molecule has 0 saturated carbocycles. The summed E-state index contributed by atoms with van der Waals surface area (Å²) in [4.78, 5) is 6.51. The van der Waals surface area contributed by atoms with E-state index in [1.54, 1.807) is 0 Å². The highest BCUT2D eigenvalue weighted by Gasteiger charge is 2.14. The molecule has 1 N–H and O–H groups in total. The van der Waals surface area contributed by atoms with Gasteiger partial charge in [0.15, 0.2) is 0 Å². The largest absolute Gasteiger partial charge is 0.373 e. The summed E-state index contributed by atoms with van der Waals surface area (Å²) in [6.45, 7) is 3.02. The minimum Gasteiger partial charge on any atom is -0.373 e. The molecule has 0 bridgehead atoms. The summed E-state index contributed by atoms with van der Waals surface area (Å²) in [6, 6.07) is 12.4. The molecule has 2 rings (SSSR count). The van der Waals surface area contributed by atoms with Crippen molar-refractivity contribution < 1.29 is 0 Å². The first-order valence-electron chi connectivity index (χ1n) is 6.69. The Balaban J connectivity index is 2.11. The lowest BCUT2D eigenvalue weighted by molar-refractivity contribution is 0.253. The SMILES string of the molecule is CNc1cc(CN(C)C(C)c2ccccc2Cl)ccn1. The van der Waals surface area contributed by atoms with Crippen molar-refractivity contribution in [2.45, 2.75) is 19.5 Å². The number of nitrogens with zero attached hydrogens (tertiary/aromatic N) is 2. The summed E-state index contributed by atoms with van der Waals surface area (Å²) in [6.07, 6.45) is 1.83. The molecule has 0 aliphatic carbocycles. The maximum absolute atomic E-state index is 6.27. The molecule has 1 heterocycles. The maximum Gasteiger partial charge on any atom is 0.125 e. The fourth-order valence-corrected chi connectivity index (χ4v) is 2.48. The second-order valence-electron chi connectivity index (χ2n) is 4.91. The maximum atomic E-state index is 6.27. The molecule has 0 saturated heterocycles. The number of halogens is 1. The lowest BCUT2D eigenvalue weighted by Gasteiger charge is -2.26. The first-order chi connectivity index (χ1) is 9.61. The summed E-state index contributed by atoms with van der Waals surface area (Å²) in [5.41, 5.74) is 2.38. The molecule has 106 valence electrons. The highest BCUT2D eigenvalue weighted by atomic mass is 35.5. The van der Waals surface area contributed by atoms with Crippen molar-refractivity contribution in [1.29, 1.82) is 0 Å². The van der Waals surface area contributed by atoms with Crippen molar-refractivity contribution in [3.63, 3.8) is 0 Å². The van der Waals surface area contributed by atoms with Crippen LogP contribution in [0.4, 0.5) is 5.82 Å². The lowest BCUT2D eigenvalue weighted by atomic mass is 10.1. The average molecular weight is 290 g/mol. The fourth-order valence-electron chi connectivity index (χ4n) is 2.19. The molecule has 20 heavy (non-hydrogen) atoms. The third-order valence-electron chi connectivity index (χ3n) is 3.53. The quantitative estimate of drug-likeness (QED) is 0.903. The molecule has 2 aromatic rings. The van der Waals surface area contributed by atoms with Crippen molar-refractivity contribution in [1.82, 2.24) is 9.88 Å². The Hall–Kier alpha value is -1.58. The molecule has 4 heteroatoms. The number of benzene rings is 1. The van der Waals surface area contributed by atoms with Crippen molar-refractivity contribution in [3.8, 4) is 0 Å².